The molecular weight excluding hydrogens is 252 g/mol. The topological polar surface area (TPSA) is 49.7 Å². The Bertz CT molecular complexity index is 646. The lowest BCUT2D eigenvalue weighted by Crippen LogP contribution is -2.13. The van der Waals surface area contributed by atoms with E-state index in [1.807, 2.05) is 6.07 Å². The van der Waals surface area contributed by atoms with Crippen LogP contribution in [-0.2, 0) is 11.2 Å². The lowest BCUT2D eigenvalue weighted by molar-refractivity contribution is -0.00476. The van der Waals surface area contributed by atoms with Gasteiger partial charge in [-0.2, -0.15) is 0 Å². The maximum atomic E-state index is 9.55. The van der Waals surface area contributed by atoms with E-state index < -0.39 is 6.10 Å². The fourth-order valence-corrected chi connectivity index (χ4v) is 2.87. The third-order valence-electron chi connectivity index (χ3n) is 3.75. The third-order valence-corrected chi connectivity index (χ3v) is 3.75. The van der Waals surface area contributed by atoms with Gasteiger partial charge in [-0.3, -0.25) is 0 Å². The van der Waals surface area contributed by atoms with Crippen molar-refractivity contribution in [3.05, 3.63) is 53.1 Å². The van der Waals surface area contributed by atoms with Crippen LogP contribution >= 0.6 is 0 Å². The van der Waals surface area contributed by atoms with Gasteiger partial charge >= 0.3 is 0 Å². The Morgan fingerprint density at radius 2 is 2.05 bits per heavy atom. The van der Waals surface area contributed by atoms with Crippen LogP contribution in [0, 0.1) is 0 Å². The van der Waals surface area contributed by atoms with E-state index in [9.17, 15) is 5.11 Å². The van der Waals surface area contributed by atoms with Gasteiger partial charge in [-0.1, -0.05) is 42.5 Å². The molecule has 1 unspecified atom stereocenters. The average molecular weight is 270 g/mol. The van der Waals surface area contributed by atoms with Gasteiger partial charge in [0.2, 0.25) is 0 Å². The lowest BCUT2D eigenvalue weighted by Gasteiger charge is -2.22. The maximum absolute atomic E-state index is 9.55. The number of hydrogen-bond donors (Lipinski definition) is 2. The summed E-state index contributed by atoms with van der Waals surface area (Å²) in [6.45, 7) is 0.100. The van der Waals surface area contributed by atoms with E-state index in [1.54, 1.807) is 0 Å². The minimum Gasteiger partial charge on any atom is -0.394 e. The summed E-state index contributed by atoms with van der Waals surface area (Å²) in [5, 5.41) is 20.9. The molecule has 0 bridgehead atoms. The van der Waals surface area contributed by atoms with Gasteiger partial charge in [0, 0.05) is 0 Å². The predicted molar refractivity (Wildman–Crippen MR) is 79.6 cm³/mol. The standard InChI is InChI=1S/C17H18O3/c18-9-10-20-16(11-19)14-8-7-13-4-1-3-12-5-2-6-15(14)17(12)13/h1-4,6-8,16,18-19H,5,9-11H2. The molecule has 0 aromatic heterocycles. The highest BCUT2D eigenvalue weighted by Crippen LogP contribution is 2.34. The molecule has 2 aromatic rings. The summed E-state index contributed by atoms with van der Waals surface area (Å²) >= 11 is 0. The molecule has 20 heavy (non-hydrogen) atoms. The van der Waals surface area contributed by atoms with Crippen LogP contribution in [0.4, 0.5) is 0 Å². The summed E-state index contributed by atoms with van der Waals surface area (Å²) in [6.07, 6.45) is 4.79. The van der Waals surface area contributed by atoms with Gasteiger partial charge < -0.3 is 14.9 Å². The normalized spacial score (nSPS) is 14.7. The van der Waals surface area contributed by atoms with Gasteiger partial charge in [0.05, 0.1) is 19.8 Å². The number of allylic oxidation sites excluding steroid dienone is 1. The Balaban J connectivity index is 2.13. The van der Waals surface area contributed by atoms with E-state index in [-0.39, 0.29) is 19.8 Å². The van der Waals surface area contributed by atoms with E-state index in [1.165, 1.54) is 16.3 Å². The van der Waals surface area contributed by atoms with Crippen molar-refractivity contribution in [2.75, 3.05) is 19.8 Å². The first-order chi connectivity index (χ1) is 9.85. The lowest BCUT2D eigenvalue weighted by atomic mass is 9.88. The van der Waals surface area contributed by atoms with E-state index in [2.05, 4.69) is 36.4 Å². The number of aliphatic hydroxyl groups is 2. The molecule has 0 heterocycles. The summed E-state index contributed by atoms with van der Waals surface area (Å²) < 4.78 is 5.55. The summed E-state index contributed by atoms with van der Waals surface area (Å²) in [5.74, 6) is 0. The molecule has 3 nitrogen and oxygen atoms in total. The molecule has 0 saturated heterocycles. The van der Waals surface area contributed by atoms with Crippen LogP contribution in [0.25, 0.3) is 16.8 Å². The summed E-state index contributed by atoms with van der Waals surface area (Å²) in [7, 11) is 0. The van der Waals surface area contributed by atoms with E-state index in [0.717, 1.165) is 17.5 Å². The predicted octanol–water partition coefficient (Wildman–Crippen LogP) is 2.45. The van der Waals surface area contributed by atoms with Gasteiger partial charge in [-0.25, -0.2) is 0 Å². The minimum atomic E-state index is -0.391. The number of hydrogen-bond acceptors (Lipinski definition) is 3. The zero-order chi connectivity index (χ0) is 13.9. The van der Waals surface area contributed by atoms with E-state index >= 15 is 0 Å². The molecule has 0 fully saturated rings. The molecule has 0 aliphatic heterocycles. The van der Waals surface area contributed by atoms with Crippen LogP contribution in [-0.4, -0.2) is 30.0 Å². The van der Waals surface area contributed by atoms with Gasteiger partial charge in [0.1, 0.15) is 6.10 Å². The zero-order valence-electron chi connectivity index (χ0n) is 11.2. The number of benzene rings is 2. The SMILES string of the molecule is OCCOC(CO)c1ccc2cccc3c2c1C=CC3. The van der Waals surface area contributed by atoms with E-state index in [0.29, 0.717) is 0 Å². The molecule has 3 heteroatoms. The molecule has 0 amide bonds. The van der Waals surface area contributed by atoms with Crippen molar-refractivity contribution in [2.24, 2.45) is 0 Å². The van der Waals surface area contributed by atoms with Crippen LogP contribution in [0.2, 0.25) is 0 Å². The van der Waals surface area contributed by atoms with Crippen LogP contribution in [0.5, 0.6) is 0 Å². The molecule has 104 valence electrons. The van der Waals surface area contributed by atoms with Gasteiger partial charge in [0.15, 0.2) is 0 Å². The first kappa shape index (κ1) is 13.3. The maximum Gasteiger partial charge on any atom is 0.106 e. The van der Waals surface area contributed by atoms with Gasteiger partial charge in [-0.15, -0.1) is 0 Å². The summed E-state index contributed by atoms with van der Waals surface area (Å²) in [4.78, 5) is 0. The Kier molecular flexibility index (Phi) is 3.83. The van der Waals surface area contributed by atoms with Crippen molar-refractivity contribution in [1.29, 1.82) is 0 Å². The van der Waals surface area contributed by atoms with Crippen LogP contribution in [0.3, 0.4) is 0 Å². The Labute approximate surface area is 118 Å². The van der Waals surface area contributed by atoms with Crippen molar-refractivity contribution < 1.29 is 14.9 Å². The third kappa shape index (κ3) is 2.24. The number of rotatable bonds is 5. The van der Waals surface area contributed by atoms with Crippen molar-refractivity contribution in [1.82, 2.24) is 0 Å². The molecule has 2 aromatic carbocycles. The van der Waals surface area contributed by atoms with Gasteiger partial charge in [0.25, 0.3) is 0 Å². The zero-order valence-corrected chi connectivity index (χ0v) is 11.2. The molecule has 1 aliphatic rings. The monoisotopic (exact) mass is 270 g/mol. The summed E-state index contributed by atoms with van der Waals surface area (Å²) in [6, 6.07) is 10.4. The Hall–Kier alpha value is -1.68. The molecule has 3 rings (SSSR count). The van der Waals surface area contributed by atoms with Gasteiger partial charge in [-0.05, 0) is 33.9 Å². The largest absolute Gasteiger partial charge is 0.394 e. The second-order valence-corrected chi connectivity index (χ2v) is 4.96. The van der Waals surface area contributed by atoms with Crippen molar-refractivity contribution >= 4 is 16.8 Å². The molecule has 1 aliphatic carbocycles. The molecule has 0 saturated carbocycles. The fraction of sp³-hybridized carbons (Fsp3) is 0.294. The van der Waals surface area contributed by atoms with Crippen LogP contribution < -0.4 is 0 Å². The van der Waals surface area contributed by atoms with E-state index in [4.69, 9.17) is 9.84 Å². The Morgan fingerprint density at radius 1 is 1.15 bits per heavy atom. The molecule has 2 N–H and O–H groups in total. The first-order valence-electron chi connectivity index (χ1n) is 6.89. The highest BCUT2D eigenvalue weighted by atomic mass is 16.5. The quantitative estimate of drug-likeness (QED) is 0.877. The molecular formula is C17H18O3. The first-order valence-corrected chi connectivity index (χ1v) is 6.89. The van der Waals surface area contributed by atoms with Crippen molar-refractivity contribution in [3.8, 4) is 0 Å². The second kappa shape index (κ2) is 5.75. The number of ether oxygens (including phenoxy) is 1. The highest BCUT2D eigenvalue weighted by molar-refractivity contribution is 5.96. The second-order valence-electron chi connectivity index (χ2n) is 4.96. The average Bonchev–Trinajstić information content (AvgIpc) is 2.50. The summed E-state index contributed by atoms with van der Waals surface area (Å²) in [5.41, 5.74) is 3.42. The Morgan fingerprint density at radius 3 is 2.85 bits per heavy atom. The van der Waals surface area contributed by atoms with Crippen molar-refractivity contribution in [2.45, 2.75) is 12.5 Å². The van der Waals surface area contributed by atoms with Crippen LogP contribution in [0.15, 0.2) is 36.4 Å². The fourth-order valence-electron chi connectivity index (χ4n) is 2.87. The van der Waals surface area contributed by atoms with Crippen LogP contribution in [0.1, 0.15) is 22.8 Å². The molecule has 0 radical (unpaired) electrons. The molecule has 0 spiro atoms. The minimum absolute atomic E-state index is 0.0412. The number of aliphatic hydroxyl groups excluding tert-OH is 2. The molecule has 1 atom stereocenters. The highest BCUT2D eigenvalue weighted by Gasteiger charge is 2.18. The van der Waals surface area contributed by atoms with Crippen molar-refractivity contribution in [3.63, 3.8) is 0 Å². The smallest absolute Gasteiger partial charge is 0.106 e.